The maximum absolute atomic E-state index is 13.0. The Kier molecular flexibility index (Phi) is 6.11. The van der Waals surface area contributed by atoms with Crippen LogP contribution in [0.4, 0.5) is 0 Å². The van der Waals surface area contributed by atoms with Crippen molar-refractivity contribution < 1.29 is 14.6 Å². The van der Waals surface area contributed by atoms with Gasteiger partial charge in [0.05, 0.1) is 24.3 Å². The van der Waals surface area contributed by atoms with E-state index in [1.807, 2.05) is 13.8 Å². The molecule has 0 aliphatic carbocycles. The molecule has 1 aromatic rings. The molecule has 1 aromatic heterocycles. The number of aromatic amines is 1. The van der Waals surface area contributed by atoms with Crippen molar-refractivity contribution in [3.63, 3.8) is 0 Å². The van der Waals surface area contributed by atoms with E-state index in [1.54, 1.807) is 32.0 Å². The molecule has 0 fully saturated rings. The number of nitrogens with one attached hydrogen (secondary N) is 1. The van der Waals surface area contributed by atoms with Gasteiger partial charge in [-0.2, -0.15) is 0 Å². The van der Waals surface area contributed by atoms with Gasteiger partial charge in [-0.3, -0.25) is 4.79 Å². The molecule has 2 N–H and O–H groups in total. The summed E-state index contributed by atoms with van der Waals surface area (Å²) in [6.45, 7) is 10.0. The zero-order valence-electron chi connectivity index (χ0n) is 15.4. The molecule has 1 aliphatic heterocycles. The number of H-pyrrole nitrogens is 1. The van der Waals surface area contributed by atoms with Crippen LogP contribution in [-0.4, -0.2) is 38.0 Å². The molecule has 7 heteroatoms. The summed E-state index contributed by atoms with van der Waals surface area (Å²) in [5.41, 5.74) is 1.69. The summed E-state index contributed by atoms with van der Waals surface area (Å²) in [7, 11) is 0. The highest BCUT2D eigenvalue weighted by molar-refractivity contribution is 9.11. The summed E-state index contributed by atoms with van der Waals surface area (Å²) in [4.78, 5) is 22.1. The lowest BCUT2D eigenvalue weighted by atomic mass is 10.0. The zero-order valence-corrected chi connectivity index (χ0v) is 17.0. The second kappa shape index (κ2) is 7.74. The van der Waals surface area contributed by atoms with Gasteiger partial charge in [0.1, 0.15) is 11.4 Å². The van der Waals surface area contributed by atoms with Crippen LogP contribution in [0.1, 0.15) is 52.4 Å². The van der Waals surface area contributed by atoms with Gasteiger partial charge >= 0.3 is 0 Å². The number of halogens is 1. The van der Waals surface area contributed by atoms with Crippen molar-refractivity contribution in [2.45, 2.75) is 59.6 Å². The summed E-state index contributed by atoms with van der Waals surface area (Å²) < 4.78 is 6.55. The van der Waals surface area contributed by atoms with Crippen molar-refractivity contribution in [3.8, 4) is 0 Å². The highest BCUT2D eigenvalue weighted by Crippen LogP contribution is 2.29. The third-order valence-electron chi connectivity index (χ3n) is 4.25. The third-order valence-corrected chi connectivity index (χ3v) is 4.61. The number of fused-ring (bicyclic) bond motifs is 1. The molecule has 0 bridgehead atoms. The first-order chi connectivity index (χ1) is 11.6. The molecule has 1 amide bonds. The maximum Gasteiger partial charge on any atom is 0.290 e. The minimum Gasteiger partial charge on any atom is -0.452 e. The molecule has 0 atom stereocenters. The Balaban J connectivity index is 2.27. The maximum atomic E-state index is 13.0. The lowest BCUT2D eigenvalue weighted by molar-refractivity contribution is -0.131. The molecule has 138 valence electrons. The van der Waals surface area contributed by atoms with E-state index in [0.717, 1.165) is 23.4 Å². The monoisotopic (exact) mass is 411 g/mol. The standard InChI is InChI=1S/C18H26BrN3O3/c1-6-11(2)16(18(4,5)24)25-15(12(3)19)17(23)22-8-7-13-14(9-22)21-10-20-13/h10,24H,6-9H2,1-5H3,(H,20,21)/b15-12+,16-11-. The van der Waals surface area contributed by atoms with Gasteiger partial charge < -0.3 is 19.7 Å². The number of nitrogens with zero attached hydrogens (tertiary/aromatic N) is 2. The second-order valence-electron chi connectivity index (χ2n) is 6.79. The highest BCUT2D eigenvalue weighted by atomic mass is 79.9. The molecular formula is C18H26BrN3O3. The molecule has 0 unspecified atom stereocenters. The van der Waals surface area contributed by atoms with Crippen LogP contribution in [-0.2, 0) is 22.5 Å². The van der Waals surface area contributed by atoms with Crippen molar-refractivity contribution in [2.24, 2.45) is 0 Å². The van der Waals surface area contributed by atoms with Crippen LogP contribution in [0, 0.1) is 0 Å². The zero-order chi connectivity index (χ0) is 18.8. The topological polar surface area (TPSA) is 78.5 Å². The van der Waals surface area contributed by atoms with E-state index in [0.29, 0.717) is 29.8 Å². The Morgan fingerprint density at radius 2 is 2.16 bits per heavy atom. The Morgan fingerprint density at radius 3 is 2.72 bits per heavy atom. The van der Waals surface area contributed by atoms with Crippen molar-refractivity contribution in [3.05, 3.63) is 39.3 Å². The van der Waals surface area contributed by atoms with E-state index in [9.17, 15) is 9.90 Å². The number of amides is 1. The van der Waals surface area contributed by atoms with E-state index in [-0.39, 0.29) is 11.7 Å². The molecule has 0 aromatic carbocycles. The molecule has 6 nitrogen and oxygen atoms in total. The fourth-order valence-electron chi connectivity index (χ4n) is 2.79. The molecular weight excluding hydrogens is 386 g/mol. The summed E-state index contributed by atoms with van der Waals surface area (Å²) >= 11 is 3.38. The fourth-order valence-corrected chi connectivity index (χ4v) is 3.04. The van der Waals surface area contributed by atoms with Crippen molar-refractivity contribution in [1.29, 1.82) is 0 Å². The lowest BCUT2D eigenvalue weighted by Crippen LogP contribution is -2.38. The smallest absolute Gasteiger partial charge is 0.290 e. The number of aromatic nitrogens is 2. The summed E-state index contributed by atoms with van der Waals surface area (Å²) in [5.74, 6) is 0.407. The average Bonchev–Trinajstić information content (AvgIpc) is 3.00. The van der Waals surface area contributed by atoms with Gasteiger partial charge in [0.2, 0.25) is 5.76 Å². The summed E-state index contributed by atoms with van der Waals surface area (Å²) in [5, 5.41) is 10.4. The Hall–Kier alpha value is -1.60. The van der Waals surface area contributed by atoms with Crippen LogP contribution < -0.4 is 0 Å². The molecule has 2 rings (SSSR count). The van der Waals surface area contributed by atoms with Gasteiger partial charge in [-0.1, -0.05) is 22.9 Å². The minimum absolute atomic E-state index is 0.202. The first-order valence-electron chi connectivity index (χ1n) is 8.42. The molecule has 0 saturated carbocycles. The largest absolute Gasteiger partial charge is 0.452 e. The molecule has 25 heavy (non-hydrogen) atoms. The first kappa shape index (κ1) is 19.7. The normalized spacial score (nSPS) is 16.8. The molecule has 1 aliphatic rings. The summed E-state index contributed by atoms with van der Waals surface area (Å²) in [6, 6.07) is 0. The molecule has 2 heterocycles. The second-order valence-corrected chi connectivity index (χ2v) is 7.98. The predicted octanol–water partition coefficient (Wildman–Crippen LogP) is 3.39. The van der Waals surface area contributed by atoms with E-state index < -0.39 is 5.60 Å². The number of ether oxygens (including phenoxy) is 1. The number of hydrogen-bond donors (Lipinski definition) is 2. The van der Waals surface area contributed by atoms with E-state index in [4.69, 9.17) is 4.74 Å². The Labute approximate surface area is 157 Å². The van der Waals surface area contributed by atoms with E-state index in [1.165, 1.54) is 0 Å². The van der Waals surface area contributed by atoms with Crippen molar-refractivity contribution >= 4 is 21.8 Å². The van der Waals surface area contributed by atoms with Gasteiger partial charge in [-0.25, -0.2) is 4.98 Å². The number of carbonyl (C=O) groups excluding carboxylic acids is 1. The van der Waals surface area contributed by atoms with Gasteiger partial charge in [-0.05, 0) is 39.7 Å². The van der Waals surface area contributed by atoms with Crippen LogP contribution in [0.5, 0.6) is 0 Å². The van der Waals surface area contributed by atoms with Crippen LogP contribution in [0.3, 0.4) is 0 Å². The number of carbonyl (C=O) groups is 1. The van der Waals surface area contributed by atoms with Crippen molar-refractivity contribution in [1.82, 2.24) is 14.9 Å². The molecule has 0 radical (unpaired) electrons. The minimum atomic E-state index is -1.17. The quantitative estimate of drug-likeness (QED) is 0.574. The van der Waals surface area contributed by atoms with E-state index >= 15 is 0 Å². The van der Waals surface area contributed by atoms with Crippen LogP contribution in [0.2, 0.25) is 0 Å². The van der Waals surface area contributed by atoms with Gasteiger partial charge in [0, 0.05) is 17.4 Å². The SMILES string of the molecule is CC/C(C)=C(\O/C(C(=O)N1CCc2nc[nH]c2C1)=C(\C)Br)C(C)(C)O. The lowest BCUT2D eigenvalue weighted by Gasteiger charge is -2.30. The third kappa shape index (κ3) is 4.52. The summed E-state index contributed by atoms with van der Waals surface area (Å²) in [6.07, 6.45) is 3.09. The number of hydrogen-bond acceptors (Lipinski definition) is 4. The highest BCUT2D eigenvalue weighted by Gasteiger charge is 2.31. The van der Waals surface area contributed by atoms with Crippen LogP contribution in [0.15, 0.2) is 27.9 Å². The fraction of sp³-hybridized carbons (Fsp3) is 0.556. The van der Waals surface area contributed by atoms with Gasteiger partial charge in [-0.15, -0.1) is 0 Å². The Bertz CT molecular complexity index is 709. The average molecular weight is 412 g/mol. The van der Waals surface area contributed by atoms with E-state index in [2.05, 4.69) is 25.9 Å². The number of aliphatic hydroxyl groups is 1. The predicted molar refractivity (Wildman–Crippen MR) is 99.7 cm³/mol. The first-order valence-corrected chi connectivity index (χ1v) is 9.21. The van der Waals surface area contributed by atoms with Gasteiger partial charge in [0.25, 0.3) is 5.91 Å². The number of imidazole rings is 1. The number of rotatable bonds is 5. The van der Waals surface area contributed by atoms with Crippen LogP contribution >= 0.6 is 15.9 Å². The molecule has 0 spiro atoms. The Morgan fingerprint density at radius 1 is 1.48 bits per heavy atom. The van der Waals surface area contributed by atoms with Crippen molar-refractivity contribution in [2.75, 3.05) is 6.54 Å². The molecule has 0 saturated heterocycles. The number of allylic oxidation sites excluding steroid dienone is 2. The van der Waals surface area contributed by atoms with Crippen LogP contribution in [0.25, 0.3) is 0 Å². The van der Waals surface area contributed by atoms with Gasteiger partial charge in [0.15, 0.2) is 0 Å².